The van der Waals surface area contributed by atoms with Crippen LogP contribution in [0.15, 0.2) is 6.07 Å². The topological polar surface area (TPSA) is 101 Å². The third-order valence-corrected chi connectivity index (χ3v) is 1.94. The molecule has 0 aliphatic heterocycles. The first-order chi connectivity index (χ1) is 8.60. The Morgan fingerprint density at radius 2 is 1.94 bits per heavy atom. The lowest BCUT2D eigenvalue weighted by Gasteiger charge is -2.06. The molecular formula is C10H15N3O5. The molecule has 0 atom stereocenters. The molecule has 1 rings (SSSR count). The van der Waals surface area contributed by atoms with Crippen LogP contribution in [0.2, 0.25) is 0 Å². The van der Waals surface area contributed by atoms with E-state index in [9.17, 15) is 15.3 Å². The van der Waals surface area contributed by atoms with Gasteiger partial charge in [-0.15, -0.1) is 0 Å². The number of nitrogens with zero attached hydrogens (tertiary/aromatic N) is 3. The zero-order valence-electron chi connectivity index (χ0n) is 10.3. The Hall–Kier alpha value is -2.12. The highest BCUT2D eigenvalue weighted by Gasteiger charge is 2.26. The Morgan fingerprint density at radius 1 is 1.33 bits per heavy atom. The predicted octanol–water partition coefficient (Wildman–Crippen LogP) is 1.20. The van der Waals surface area contributed by atoms with Crippen LogP contribution in [-0.2, 0) is 0 Å². The summed E-state index contributed by atoms with van der Waals surface area (Å²) in [4.78, 5) is 10.4. The van der Waals surface area contributed by atoms with Crippen molar-refractivity contribution in [3.63, 3.8) is 0 Å². The smallest absolute Gasteiger partial charge is 0.413 e. The van der Waals surface area contributed by atoms with Crippen LogP contribution in [0.4, 0.5) is 5.69 Å². The molecule has 1 heterocycles. The normalized spacial score (nSPS) is 10.1. The van der Waals surface area contributed by atoms with Crippen LogP contribution in [0.5, 0.6) is 11.8 Å². The third-order valence-electron chi connectivity index (χ3n) is 1.94. The Bertz CT molecular complexity index is 424. The second kappa shape index (κ2) is 6.58. The van der Waals surface area contributed by atoms with Gasteiger partial charge >= 0.3 is 17.4 Å². The molecule has 0 aliphatic rings. The molecule has 0 radical (unpaired) electrons. The number of nitro groups is 1. The van der Waals surface area contributed by atoms with Crippen molar-refractivity contribution in [2.75, 3.05) is 13.2 Å². The molecule has 0 aromatic carbocycles. The van der Waals surface area contributed by atoms with Gasteiger partial charge in [0.05, 0.1) is 23.2 Å². The van der Waals surface area contributed by atoms with Crippen molar-refractivity contribution in [2.45, 2.75) is 26.7 Å². The summed E-state index contributed by atoms with van der Waals surface area (Å²) in [6, 6.07) is 1.03. The summed E-state index contributed by atoms with van der Waals surface area (Å²) >= 11 is 0. The van der Waals surface area contributed by atoms with Crippen molar-refractivity contribution < 1.29 is 19.2 Å². The molecule has 0 unspecified atom stereocenters. The lowest BCUT2D eigenvalue weighted by atomic mass is 10.4. The van der Waals surface area contributed by atoms with Crippen molar-refractivity contribution in [3.8, 4) is 11.8 Å². The van der Waals surface area contributed by atoms with E-state index in [1.807, 2.05) is 13.8 Å². The van der Waals surface area contributed by atoms with Crippen LogP contribution in [0, 0.1) is 15.3 Å². The predicted molar refractivity (Wildman–Crippen MR) is 61.4 cm³/mol. The fourth-order valence-corrected chi connectivity index (χ4v) is 1.15. The number of aromatic nitrogens is 2. The Balaban J connectivity index is 3.04. The van der Waals surface area contributed by atoms with E-state index in [2.05, 4.69) is 5.10 Å². The molecule has 0 saturated heterocycles. The van der Waals surface area contributed by atoms with Gasteiger partial charge in [0, 0.05) is 0 Å². The van der Waals surface area contributed by atoms with Gasteiger partial charge in [0.25, 0.3) is 0 Å². The molecule has 0 amide bonds. The average Bonchev–Trinajstić information content (AvgIpc) is 2.34. The SMILES string of the molecule is CCCOc1n[n+]([O-])c(OCCC)cc1[N+](=O)[O-]. The Kier molecular flexibility index (Phi) is 5.09. The summed E-state index contributed by atoms with van der Waals surface area (Å²) in [6.07, 6.45) is 1.34. The van der Waals surface area contributed by atoms with Crippen LogP contribution in [0.1, 0.15) is 26.7 Å². The minimum atomic E-state index is -0.656. The fourth-order valence-electron chi connectivity index (χ4n) is 1.15. The van der Waals surface area contributed by atoms with Gasteiger partial charge in [-0.2, -0.15) is 0 Å². The molecule has 1 aromatic heterocycles. The third kappa shape index (κ3) is 3.44. The van der Waals surface area contributed by atoms with Gasteiger partial charge in [0.15, 0.2) is 0 Å². The first-order valence-electron chi connectivity index (χ1n) is 5.65. The molecular weight excluding hydrogens is 242 g/mol. The molecule has 0 N–H and O–H groups in total. The maximum Gasteiger partial charge on any atom is 0.413 e. The van der Waals surface area contributed by atoms with E-state index < -0.39 is 4.92 Å². The summed E-state index contributed by atoms with van der Waals surface area (Å²) < 4.78 is 10.1. The van der Waals surface area contributed by atoms with Crippen LogP contribution in [0.3, 0.4) is 0 Å². The first-order valence-corrected chi connectivity index (χ1v) is 5.65. The lowest BCUT2D eigenvalue weighted by molar-refractivity contribution is -0.676. The van der Waals surface area contributed by atoms with Gasteiger partial charge in [0.1, 0.15) is 6.07 Å². The van der Waals surface area contributed by atoms with Crippen molar-refractivity contribution in [1.29, 1.82) is 0 Å². The summed E-state index contributed by atoms with van der Waals surface area (Å²) in [5, 5.41) is 25.8. The van der Waals surface area contributed by atoms with Gasteiger partial charge in [-0.1, -0.05) is 13.8 Å². The highest BCUT2D eigenvalue weighted by molar-refractivity contribution is 5.40. The summed E-state index contributed by atoms with van der Waals surface area (Å²) in [5.41, 5.74) is -0.373. The van der Waals surface area contributed by atoms with E-state index in [1.54, 1.807) is 0 Å². The highest BCUT2D eigenvalue weighted by atomic mass is 16.6. The molecule has 0 fully saturated rings. The van der Waals surface area contributed by atoms with Gasteiger partial charge in [-0.3, -0.25) is 10.1 Å². The van der Waals surface area contributed by atoms with Crippen LogP contribution in [0.25, 0.3) is 0 Å². The maximum atomic E-state index is 11.5. The molecule has 1 aromatic rings. The van der Waals surface area contributed by atoms with Crippen molar-refractivity contribution in [2.24, 2.45) is 0 Å². The quantitative estimate of drug-likeness (QED) is 0.315. The number of hydrogen-bond acceptors (Lipinski definition) is 6. The minimum absolute atomic E-state index is 0.188. The van der Waals surface area contributed by atoms with Crippen LogP contribution >= 0.6 is 0 Å². The van der Waals surface area contributed by atoms with E-state index in [4.69, 9.17) is 9.47 Å². The molecule has 8 heteroatoms. The van der Waals surface area contributed by atoms with Gasteiger partial charge < -0.3 is 14.7 Å². The van der Waals surface area contributed by atoms with Gasteiger partial charge in [0.2, 0.25) is 0 Å². The first kappa shape index (κ1) is 13.9. The maximum absolute atomic E-state index is 11.5. The minimum Gasteiger partial charge on any atom is -0.591 e. The van der Waals surface area contributed by atoms with E-state index in [-0.39, 0.29) is 35.5 Å². The molecule has 100 valence electrons. The van der Waals surface area contributed by atoms with Crippen LogP contribution in [-0.4, -0.2) is 23.2 Å². The van der Waals surface area contributed by atoms with Crippen molar-refractivity contribution >= 4 is 5.69 Å². The molecule has 0 bridgehead atoms. The molecule has 18 heavy (non-hydrogen) atoms. The number of hydrogen-bond donors (Lipinski definition) is 0. The molecule has 0 saturated carbocycles. The second-order valence-electron chi connectivity index (χ2n) is 3.50. The van der Waals surface area contributed by atoms with E-state index in [0.29, 0.717) is 12.8 Å². The molecule has 8 nitrogen and oxygen atoms in total. The lowest BCUT2D eigenvalue weighted by Crippen LogP contribution is -2.34. The second-order valence-corrected chi connectivity index (χ2v) is 3.50. The zero-order valence-corrected chi connectivity index (χ0v) is 10.3. The Labute approximate surface area is 104 Å². The summed E-state index contributed by atoms with van der Waals surface area (Å²) in [6.45, 7) is 4.24. The molecule has 0 spiro atoms. The summed E-state index contributed by atoms with van der Waals surface area (Å²) in [5.74, 6) is -0.493. The average molecular weight is 257 g/mol. The van der Waals surface area contributed by atoms with Gasteiger partial charge in [-0.25, -0.2) is 0 Å². The van der Waals surface area contributed by atoms with E-state index in [1.165, 1.54) is 0 Å². The Morgan fingerprint density at radius 3 is 2.50 bits per heavy atom. The number of ether oxygens (including phenoxy) is 2. The molecule has 0 aliphatic carbocycles. The highest BCUT2D eigenvalue weighted by Crippen LogP contribution is 2.25. The van der Waals surface area contributed by atoms with Crippen molar-refractivity contribution in [1.82, 2.24) is 5.10 Å². The standard InChI is InChI=1S/C10H15N3O5/c1-3-5-17-9-7-8(13(15)16)10(11-12(9)14)18-6-4-2/h7H,3-6H2,1-2H3. The van der Waals surface area contributed by atoms with E-state index in [0.717, 1.165) is 6.07 Å². The monoisotopic (exact) mass is 257 g/mol. The van der Waals surface area contributed by atoms with Crippen LogP contribution < -0.4 is 14.3 Å². The largest absolute Gasteiger partial charge is 0.591 e. The summed E-state index contributed by atoms with van der Waals surface area (Å²) in [7, 11) is 0. The van der Waals surface area contributed by atoms with E-state index >= 15 is 0 Å². The number of rotatable bonds is 7. The fraction of sp³-hybridized carbons (Fsp3) is 0.600. The zero-order chi connectivity index (χ0) is 13.5. The van der Waals surface area contributed by atoms with Crippen molar-refractivity contribution in [3.05, 3.63) is 21.4 Å². The van der Waals surface area contributed by atoms with Gasteiger partial charge in [-0.05, 0) is 17.7 Å².